The molecule has 0 fully saturated rings. The zero-order chi connectivity index (χ0) is 19.1. The third kappa shape index (κ3) is 4.92. The van der Waals surface area contributed by atoms with Gasteiger partial charge in [-0.15, -0.1) is 0 Å². The van der Waals surface area contributed by atoms with E-state index >= 15 is 0 Å². The summed E-state index contributed by atoms with van der Waals surface area (Å²) in [6.45, 7) is 4.58. The third-order valence-electron chi connectivity index (χ3n) is 3.65. The number of halogens is 2. The largest absolute Gasteiger partial charge is 0.272 e. The molecule has 138 valence electrons. The minimum absolute atomic E-state index is 0.159. The molecule has 6 nitrogen and oxygen atoms in total. The number of carbonyl (C=O) groups excluding carboxylic acids is 2. The van der Waals surface area contributed by atoms with E-state index < -0.39 is 17.6 Å². The van der Waals surface area contributed by atoms with Gasteiger partial charge >= 0.3 is 0 Å². The van der Waals surface area contributed by atoms with E-state index in [9.17, 15) is 14.0 Å². The molecule has 8 heteroatoms. The van der Waals surface area contributed by atoms with E-state index in [4.69, 9.17) is 11.6 Å². The molecule has 1 aromatic heterocycles. The standard InChI is InChI=1S/C18H20ClFN4O2/c1-3-4-11-24-17(19)13(12(2)23-24)9-10-16(25)21-22-18(26)14-7-5-6-8-15(14)20/h5-10H,3-4,11H2,1-2H3,(H,21,25)(H,22,26)/b10-9+. The zero-order valence-electron chi connectivity index (χ0n) is 14.6. The summed E-state index contributed by atoms with van der Waals surface area (Å²) in [5.74, 6) is -1.99. The van der Waals surface area contributed by atoms with Gasteiger partial charge in [-0.3, -0.25) is 25.1 Å². The van der Waals surface area contributed by atoms with E-state index in [-0.39, 0.29) is 5.56 Å². The Hall–Kier alpha value is -2.67. The summed E-state index contributed by atoms with van der Waals surface area (Å²) in [6.07, 6.45) is 4.72. The molecule has 2 N–H and O–H groups in total. The third-order valence-corrected chi connectivity index (χ3v) is 4.05. The van der Waals surface area contributed by atoms with Gasteiger partial charge in [0.25, 0.3) is 11.8 Å². The summed E-state index contributed by atoms with van der Waals surface area (Å²) in [4.78, 5) is 23.7. The zero-order valence-corrected chi connectivity index (χ0v) is 15.3. The van der Waals surface area contributed by atoms with E-state index in [1.54, 1.807) is 11.6 Å². The van der Waals surface area contributed by atoms with Gasteiger partial charge in [0.2, 0.25) is 0 Å². The first-order chi connectivity index (χ1) is 12.4. The molecule has 2 rings (SSSR count). The molecule has 0 aliphatic carbocycles. The molecule has 0 saturated carbocycles. The molecule has 0 aliphatic heterocycles. The van der Waals surface area contributed by atoms with Crippen molar-refractivity contribution in [2.24, 2.45) is 0 Å². The molecule has 0 radical (unpaired) electrons. The van der Waals surface area contributed by atoms with Gasteiger partial charge in [0.05, 0.1) is 11.3 Å². The average molecular weight is 379 g/mol. The first-order valence-corrected chi connectivity index (χ1v) is 8.57. The summed E-state index contributed by atoms with van der Waals surface area (Å²) >= 11 is 6.28. The number of aryl methyl sites for hydroxylation is 2. The topological polar surface area (TPSA) is 76.0 Å². The number of carbonyl (C=O) groups is 2. The Morgan fingerprint density at radius 2 is 2.04 bits per heavy atom. The normalized spacial score (nSPS) is 10.9. The van der Waals surface area contributed by atoms with Crippen LogP contribution < -0.4 is 10.9 Å². The van der Waals surface area contributed by atoms with Crippen LogP contribution in [0.1, 0.15) is 41.4 Å². The van der Waals surface area contributed by atoms with Gasteiger partial charge in [-0.1, -0.05) is 37.1 Å². The molecule has 0 aliphatic rings. The number of hydrogen-bond donors (Lipinski definition) is 2. The lowest BCUT2D eigenvalue weighted by Gasteiger charge is -2.05. The van der Waals surface area contributed by atoms with Gasteiger partial charge in [-0.25, -0.2) is 4.39 Å². The van der Waals surface area contributed by atoms with Crippen LogP contribution in [0, 0.1) is 12.7 Å². The minimum atomic E-state index is -0.744. The lowest BCUT2D eigenvalue weighted by molar-refractivity contribution is -0.117. The van der Waals surface area contributed by atoms with Crippen molar-refractivity contribution >= 4 is 29.5 Å². The van der Waals surface area contributed by atoms with Crippen molar-refractivity contribution in [1.82, 2.24) is 20.6 Å². The lowest BCUT2D eigenvalue weighted by Crippen LogP contribution is -2.41. The summed E-state index contributed by atoms with van der Waals surface area (Å²) in [5, 5.41) is 4.79. The van der Waals surface area contributed by atoms with E-state index in [2.05, 4.69) is 22.9 Å². The number of benzene rings is 1. The van der Waals surface area contributed by atoms with Crippen LogP contribution in [0.4, 0.5) is 4.39 Å². The molecular formula is C18H20ClFN4O2. The number of amides is 2. The van der Waals surface area contributed by atoms with Crippen LogP contribution in [-0.4, -0.2) is 21.6 Å². The molecular weight excluding hydrogens is 359 g/mol. The van der Waals surface area contributed by atoms with Crippen molar-refractivity contribution in [3.63, 3.8) is 0 Å². The van der Waals surface area contributed by atoms with Crippen LogP contribution in [-0.2, 0) is 11.3 Å². The average Bonchev–Trinajstić information content (AvgIpc) is 2.89. The molecule has 0 saturated heterocycles. The number of hydrogen-bond acceptors (Lipinski definition) is 3. The molecule has 2 aromatic rings. The highest BCUT2D eigenvalue weighted by Crippen LogP contribution is 2.21. The first kappa shape index (κ1) is 19.7. The summed E-state index contributed by atoms with van der Waals surface area (Å²) in [7, 11) is 0. The number of nitrogens with one attached hydrogen (secondary N) is 2. The second-order valence-electron chi connectivity index (χ2n) is 5.62. The van der Waals surface area contributed by atoms with Crippen molar-refractivity contribution in [2.45, 2.75) is 33.2 Å². The highest BCUT2D eigenvalue weighted by atomic mass is 35.5. The molecule has 1 heterocycles. The number of unbranched alkanes of at least 4 members (excludes halogenated alkanes) is 1. The number of rotatable bonds is 6. The van der Waals surface area contributed by atoms with Gasteiger partial charge in [0.15, 0.2) is 0 Å². The van der Waals surface area contributed by atoms with Crippen LogP contribution in [0.2, 0.25) is 5.15 Å². The van der Waals surface area contributed by atoms with Crippen LogP contribution in [0.3, 0.4) is 0 Å². The SMILES string of the molecule is CCCCn1nc(C)c(/C=C/C(=O)NNC(=O)c2ccccc2F)c1Cl. The molecule has 0 atom stereocenters. The highest BCUT2D eigenvalue weighted by Gasteiger charge is 2.12. The van der Waals surface area contributed by atoms with Crippen molar-refractivity contribution in [1.29, 1.82) is 0 Å². The van der Waals surface area contributed by atoms with Gasteiger partial charge in [-0.2, -0.15) is 5.10 Å². The Balaban J connectivity index is 1.96. The Bertz CT molecular complexity index is 833. The molecule has 1 aromatic carbocycles. The molecule has 26 heavy (non-hydrogen) atoms. The summed E-state index contributed by atoms with van der Waals surface area (Å²) in [6, 6.07) is 5.49. The fourth-order valence-corrected chi connectivity index (χ4v) is 2.57. The lowest BCUT2D eigenvalue weighted by atomic mass is 10.2. The molecule has 0 bridgehead atoms. The van der Waals surface area contributed by atoms with Crippen LogP contribution in [0.25, 0.3) is 6.08 Å². The number of aromatic nitrogens is 2. The van der Waals surface area contributed by atoms with Crippen LogP contribution in [0.5, 0.6) is 0 Å². The maximum absolute atomic E-state index is 13.5. The summed E-state index contributed by atoms with van der Waals surface area (Å²) in [5.41, 5.74) is 5.53. The predicted octanol–water partition coefficient (Wildman–Crippen LogP) is 3.26. The maximum Gasteiger partial charge on any atom is 0.272 e. The fraction of sp³-hybridized carbons (Fsp3) is 0.278. The van der Waals surface area contributed by atoms with Crippen molar-refractivity contribution in [3.05, 3.63) is 58.1 Å². The molecule has 2 amide bonds. The fourth-order valence-electron chi connectivity index (χ4n) is 2.24. The Morgan fingerprint density at radius 1 is 1.31 bits per heavy atom. The summed E-state index contributed by atoms with van der Waals surface area (Å²) < 4.78 is 15.2. The van der Waals surface area contributed by atoms with E-state index in [1.165, 1.54) is 30.4 Å². The smallest absolute Gasteiger partial charge is 0.268 e. The van der Waals surface area contributed by atoms with Crippen LogP contribution in [0.15, 0.2) is 30.3 Å². The first-order valence-electron chi connectivity index (χ1n) is 8.19. The Morgan fingerprint density at radius 3 is 2.73 bits per heavy atom. The predicted molar refractivity (Wildman–Crippen MR) is 97.9 cm³/mol. The van der Waals surface area contributed by atoms with Gasteiger partial charge in [0.1, 0.15) is 11.0 Å². The van der Waals surface area contributed by atoms with E-state index in [0.29, 0.717) is 23.0 Å². The second kappa shape index (κ2) is 9.15. The monoisotopic (exact) mass is 378 g/mol. The van der Waals surface area contributed by atoms with Crippen LogP contribution >= 0.6 is 11.6 Å². The highest BCUT2D eigenvalue weighted by molar-refractivity contribution is 6.31. The Labute approximate surface area is 156 Å². The second-order valence-corrected chi connectivity index (χ2v) is 5.98. The van der Waals surface area contributed by atoms with Crippen molar-refractivity contribution in [3.8, 4) is 0 Å². The Kier molecular flexibility index (Phi) is 6.91. The number of nitrogens with zero attached hydrogens (tertiary/aromatic N) is 2. The number of hydrazine groups is 1. The van der Waals surface area contributed by atoms with Gasteiger partial charge < -0.3 is 0 Å². The van der Waals surface area contributed by atoms with Gasteiger partial charge in [-0.05, 0) is 31.6 Å². The van der Waals surface area contributed by atoms with E-state index in [0.717, 1.165) is 18.9 Å². The minimum Gasteiger partial charge on any atom is -0.268 e. The van der Waals surface area contributed by atoms with E-state index in [1.807, 2.05) is 0 Å². The van der Waals surface area contributed by atoms with Crippen molar-refractivity contribution < 1.29 is 14.0 Å². The van der Waals surface area contributed by atoms with Gasteiger partial charge in [0, 0.05) is 18.2 Å². The quantitative estimate of drug-likeness (QED) is 0.598. The van der Waals surface area contributed by atoms with Crippen molar-refractivity contribution in [2.75, 3.05) is 0 Å². The molecule has 0 spiro atoms. The maximum atomic E-state index is 13.5. The molecule has 0 unspecified atom stereocenters.